The lowest BCUT2D eigenvalue weighted by Gasteiger charge is -2.11. The molecule has 0 saturated heterocycles. The molecular weight excluding hydrogens is 118 g/mol. The standard InChI is InChI=1S/C6H15NS/c1-3-4-5(2)6(7)8/h5-6,8H,3-4,7H2,1-2H3. The first-order valence-corrected chi connectivity index (χ1v) is 3.63. The minimum absolute atomic E-state index is 0.0648. The van der Waals surface area contributed by atoms with Gasteiger partial charge in [0.1, 0.15) is 0 Å². The highest BCUT2D eigenvalue weighted by molar-refractivity contribution is 7.80. The van der Waals surface area contributed by atoms with Crippen molar-refractivity contribution < 1.29 is 0 Å². The molecule has 0 fully saturated rings. The Morgan fingerprint density at radius 2 is 2.12 bits per heavy atom. The minimum atomic E-state index is 0.0648. The van der Waals surface area contributed by atoms with Crippen molar-refractivity contribution in [1.29, 1.82) is 0 Å². The second-order valence-electron chi connectivity index (χ2n) is 2.26. The molecule has 1 nitrogen and oxygen atoms in total. The van der Waals surface area contributed by atoms with Crippen LogP contribution in [-0.2, 0) is 0 Å². The van der Waals surface area contributed by atoms with Gasteiger partial charge >= 0.3 is 0 Å². The highest BCUT2D eigenvalue weighted by Gasteiger charge is 2.04. The molecule has 8 heavy (non-hydrogen) atoms. The number of hydrogen-bond acceptors (Lipinski definition) is 2. The molecule has 2 atom stereocenters. The van der Waals surface area contributed by atoms with E-state index < -0.39 is 0 Å². The molecule has 0 aromatic rings. The monoisotopic (exact) mass is 133 g/mol. The highest BCUT2D eigenvalue weighted by Crippen LogP contribution is 2.10. The molecule has 0 amide bonds. The summed E-state index contributed by atoms with van der Waals surface area (Å²) < 4.78 is 0. The van der Waals surface area contributed by atoms with Crippen molar-refractivity contribution in [3.05, 3.63) is 0 Å². The summed E-state index contributed by atoms with van der Waals surface area (Å²) in [5.41, 5.74) is 5.49. The van der Waals surface area contributed by atoms with E-state index in [2.05, 4.69) is 26.5 Å². The van der Waals surface area contributed by atoms with Crippen LogP contribution >= 0.6 is 12.6 Å². The largest absolute Gasteiger partial charge is 0.319 e. The van der Waals surface area contributed by atoms with Crippen LogP contribution in [-0.4, -0.2) is 5.37 Å². The van der Waals surface area contributed by atoms with Crippen molar-refractivity contribution >= 4 is 12.6 Å². The molecule has 2 unspecified atom stereocenters. The van der Waals surface area contributed by atoms with E-state index in [9.17, 15) is 0 Å². The smallest absolute Gasteiger partial charge is 0.0503 e. The second-order valence-corrected chi connectivity index (χ2v) is 2.85. The minimum Gasteiger partial charge on any atom is -0.319 e. The maximum atomic E-state index is 5.49. The third kappa shape index (κ3) is 3.33. The summed E-state index contributed by atoms with van der Waals surface area (Å²) in [4.78, 5) is 0. The van der Waals surface area contributed by atoms with Gasteiger partial charge in [0.05, 0.1) is 5.37 Å². The van der Waals surface area contributed by atoms with Crippen LogP contribution in [0, 0.1) is 5.92 Å². The average molecular weight is 133 g/mol. The molecular formula is C6H15NS. The van der Waals surface area contributed by atoms with Crippen molar-refractivity contribution in [2.24, 2.45) is 11.7 Å². The number of rotatable bonds is 3. The third-order valence-electron chi connectivity index (χ3n) is 1.33. The van der Waals surface area contributed by atoms with Crippen LogP contribution in [0.15, 0.2) is 0 Å². The van der Waals surface area contributed by atoms with E-state index >= 15 is 0 Å². The van der Waals surface area contributed by atoms with E-state index in [0.29, 0.717) is 5.92 Å². The zero-order chi connectivity index (χ0) is 6.57. The predicted molar refractivity (Wildman–Crippen MR) is 41.0 cm³/mol. The second kappa shape index (κ2) is 4.21. The fraction of sp³-hybridized carbons (Fsp3) is 1.00. The zero-order valence-corrected chi connectivity index (χ0v) is 6.49. The number of thiol groups is 1. The molecule has 0 aliphatic carbocycles. The van der Waals surface area contributed by atoms with E-state index in [0.717, 1.165) is 0 Å². The molecule has 0 rings (SSSR count). The van der Waals surface area contributed by atoms with E-state index in [1.54, 1.807) is 0 Å². The average Bonchev–Trinajstić information content (AvgIpc) is 1.67. The Balaban J connectivity index is 3.17. The Morgan fingerprint density at radius 1 is 1.62 bits per heavy atom. The van der Waals surface area contributed by atoms with E-state index in [1.165, 1.54) is 12.8 Å². The van der Waals surface area contributed by atoms with Crippen LogP contribution in [0.3, 0.4) is 0 Å². The van der Waals surface area contributed by atoms with Crippen LogP contribution in [0.25, 0.3) is 0 Å². The van der Waals surface area contributed by atoms with Gasteiger partial charge in [-0.25, -0.2) is 0 Å². The summed E-state index contributed by atoms with van der Waals surface area (Å²) >= 11 is 4.10. The van der Waals surface area contributed by atoms with Crippen molar-refractivity contribution in [3.63, 3.8) is 0 Å². The third-order valence-corrected chi connectivity index (χ3v) is 1.84. The van der Waals surface area contributed by atoms with Gasteiger partial charge in [0, 0.05) is 0 Å². The lowest BCUT2D eigenvalue weighted by atomic mass is 10.1. The summed E-state index contributed by atoms with van der Waals surface area (Å²) in [6, 6.07) is 0. The van der Waals surface area contributed by atoms with Crippen LogP contribution in [0.4, 0.5) is 0 Å². The molecule has 2 N–H and O–H groups in total. The predicted octanol–water partition coefficient (Wildman–Crippen LogP) is 1.64. The topological polar surface area (TPSA) is 26.0 Å². The first-order valence-electron chi connectivity index (χ1n) is 3.12. The van der Waals surface area contributed by atoms with E-state index in [1.807, 2.05) is 0 Å². The van der Waals surface area contributed by atoms with Crippen molar-refractivity contribution in [1.82, 2.24) is 0 Å². The highest BCUT2D eigenvalue weighted by atomic mass is 32.1. The Bertz CT molecular complexity index is 54.5. The fourth-order valence-corrected chi connectivity index (χ4v) is 0.775. The van der Waals surface area contributed by atoms with Crippen molar-refractivity contribution in [2.45, 2.75) is 32.1 Å². The van der Waals surface area contributed by atoms with Crippen LogP contribution < -0.4 is 5.73 Å². The van der Waals surface area contributed by atoms with Gasteiger partial charge in [-0.15, -0.1) is 0 Å². The quantitative estimate of drug-likeness (QED) is 0.444. The Labute approximate surface area is 57.1 Å². The molecule has 0 aliphatic heterocycles. The van der Waals surface area contributed by atoms with Crippen LogP contribution in [0.2, 0.25) is 0 Å². The maximum absolute atomic E-state index is 5.49. The maximum Gasteiger partial charge on any atom is 0.0503 e. The van der Waals surface area contributed by atoms with Crippen LogP contribution in [0.5, 0.6) is 0 Å². The molecule has 0 saturated carbocycles. The molecule has 0 radical (unpaired) electrons. The van der Waals surface area contributed by atoms with Crippen LogP contribution in [0.1, 0.15) is 26.7 Å². The van der Waals surface area contributed by atoms with Gasteiger partial charge in [-0.05, 0) is 12.3 Å². The Kier molecular flexibility index (Phi) is 4.38. The molecule has 2 heteroatoms. The van der Waals surface area contributed by atoms with Gasteiger partial charge in [0.25, 0.3) is 0 Å². The zero-order valence-electron chi connectivity index (χ0n) is 5.59. The van der Waals surface area contributed by atoms with Gasteiger partial charge in [-0.1, -0.05) is 20.3 Å². The summed E-state index contributed by atoms with van der Waals surface area (Å²) in [7, 11) is 0. The fourth-order valence-electron chi connectivity index (χ4n) is 0.626. The first kappa shape index (κ1) is 8.31. The van der Waals surface area contributed by atoms with Gasteiger partial charge in [-0.2, -0.15) is 12.6 Å². The van der Waals surface area contributed by atoms with E-state index in [-0.39, 0.29) is 5.37 Å². The molecule has 0 heterocycles. The van der Waals surface area contributed by atoms with Crippen molar-refractivity contribution in [3.8, 4) is 0 Å². The van der Waals surface area contributed by atoms with Gasteiger partial charge in [0.2, 0.25) is 0 Å². The Hall–Kier alpha value is 0.310. The summed E-state index contributed by atoms with van der Waals surface area (Å²) in [6.07, 6.45) is 2.39. The summed E-state index contributed by atoms with van der Waals surface area (Å²) in [5, 5.41) is 0.0648. The molecule has 0 aromatic heterocycles. The molecule has 0 bridgehead atoms. The lowest BCUT2D eigenvalue weighted by Crippen LogP contribution is -2.21. The van der Waals surface area contributed by atoms with Crippen molar-refractivity contribution in [2.75, 3.05) is 0 Å². The van der Waals surface area contributed by atoms with Gasteiger partial charge in [0.15, 0.2) is 0 Å². The molecule has 0 aromatic carbocycles. The normalized spacial score (nSPS) is 18.0. The summed E-state index contributed by atoms with van der Waals surface area (Å²) in [6.45, 7) is 4.29. The number of nitrogens with two attached hydrogens (primary N) is 1. The lowest BCUT2D eigenvalue weighted by molar-refractivity contribution is 0.512. The molecule has 0 spiro atoms. The number of hydrogen-bond donors (Lipinski definition) is 2. The SMILES string of the molecule is CCCC(C)C(N)S. The van der Waals surface area contributed by atoms with E-state index in [4.69, 9.17) is 5.73 Å². The van der Waals surface area contributed by atoms with Gasteiger partial charge < -0.3 is 5.73 Å². The summed E-state index contributed by atoms with van der Waals surface area (Å²) in [5.74, 6) is 0.559. The Morgan fingerprint density at radius 3 is 2.25 bits per heavy atom. The first-order chi connectivity index (χ1) is 3.68. The molecule has 50 valence electrons. The molecule has 0 aliphatic rings. The van der Waals surface area contributed by atoms with Gasteiger partial charge in [-0.3, -0.25) is 0 Å².